The molecule has 1 atom stereocenters. The highest BCUT2D eigenvalue weighted by atomic mass is 32.2. The topological polar surface area (TPSA) is 78.0 Å². The molecular weight excluding hydrogens is 286 g/mol. The highest BCUT2D eigenvalue weighted by Crippen LogP contribution is 2.35. The van der Waals surface area contributed by atoms with E-state index in [-0.39, 0.29) is 6.04 Å². The predicted molar refractivity (Wildman–Crippen MR) is 82.8 cm³/mol. The van der Waals surface area contributed by atoms with Crippen LogP contribution in [-0.4, -0.2) is 24.2 Å². The number of aromatic nitrogens is 2. The van der Waals surface area contributed by atoms with E-state index in [2.05, 4.69) is 4.98 Å². The molecule has 0 radical (unpaired) electrons. The van der Waals surface area contributed by atoms with Crippen molar-refractivity contribution in [2.75, 3.05) is 6.26 Å². The highest BCUT2D eigenvalue weighted by Gasteiger charge is 2.27. The smallest absolute Gasteiger partial charge is 0.177 e. The van der Waals surface area contributed by atoms with Crippen LogP contribution in [0.3, 0.4) is 0 Å². The summed E-state index contributed by atoms with van der Waals surface area (Å²) in [5.41, 5.74) is 7.62. The molecule has 1 aromatic heterocycles. The number of imidazole rings is 1. The van der Waals surface area contributed by atoms with Crippen LogP contribution in [0.1, 0.15) is 38.1 Å². The zero-order chi connectivity index (χ0) is 15.2. The van der Waals surface area contributed by atoms with E-state index in [0.29, 0.717) is 16.3 Å². The quantitative estimate of drug-likeness (QED) is 0.919. The van der Waals surface area contributed by atoms with Gasteiger partial charge in [-0.25, -0.2) is 13.4 Å². The molecule has 3 rings (SSSR count). The van der Waals surface area contributed by atoms with Gasteiger partial charge in [-0.05, 0) is 37.3 Å². The van der Waals surface area contributed by atoms with Gasteiger partial charge in [-0.3, -0.25) is 0 Å². The molecule has 0 spiro atoms. The van der Waals surface area contributed by atoms with Gasteiger partial charge in [0.1, 0.15) is 5.82 Å². The van der Waals surface area contributed by atoms with Crippen molar-refractivity contribution in [3.63, 3.8) is 0 Å². The highest BCUT2D eigenvalue weighted by molar-refractivity contribution is 7.91. The normalized spacial score (nSPS) is 17.3. The molecule has 2 aromatic rings. The average molecular weight is 307 g/mol. The molecule has 2 N–H and O–H groups in total. The standard InChI is InChI=1S/C15H21N3O2S/c1-3-11(16)15-17-12-5-4-6-13(21(2,19)20)14(12)18(15)9-10-7-8-10/h4-6,10-11H,3,7-9,16H2,1-2H3. The Bertz CT molecular complexity index is 776. The number of hydrogen-bond acceptors (Lipinski definition) is 4. The summed E-state index contributed by atoms with van der Waals surface area (Å²) in [6.07, 6.45) is 4.42. The maximum absolute atomic E-state index is 12.1. The van der Waals surface area contributed by atoms with Crippen molar-refractivity contribution in [2.24, 2.45) is 11.7 Å². The Hall–Kier alpha value is -1.40. The first-order chi connectivity index (χ1) is 9.91. The lowest BCUT2D eigenvalue weighted by Gasteiger charge is -2.14. The second kappa shape index (κ2) is 5.10. The number of nitrogens with zero attached hydrogens (tertiary/aromatic N) is 2. The van der Waals surface area contributed by atoms with Crippen LogP contribution >= 0.6 is 0 Å². The zero-order valence-corrected chi connectivity index (χ0v) is 13.2. The van der Waals surface area contributed by atoms with Gasteiger partial charge in [-0.2, -0.15) is 0 Å². The van der Waals surface area contributed by atoms with E-state index in [0.717, 1.165) is 24.3 Å². The van der Waals surface area contributed by atoms with E-state index in [4.69, 9.17) is 5.73 Å². The van der Waals surface area contributed by atoms with Crippen molar-refractivity contribution in [3.8, 4) is 0 Å². The van der Waals surface area contributed by atoms with E-state index < -0.39 is 9.84 Å². The van der Waals surface area contributed by atoms with Crippen molar-refractivity contribution in [2.45, 2.75) is 43.7 Å². The van der Waals surface area contributed by atoms with Crippen molar-refractivity contribution < 1.29 is 8.42 Å². The zero-order valence-electron chi connectivity index (χ0n) is 12.4. The van der Waals surface area contributed by atoms with E-state index in [1.807, 2.05) is 17.6 Å². The van der Waals surface area contributed by atoms with Crippen molar-refractivity contribution in [1.82, 2.24) is 9.55 Å². The molecule has 1 saturated carbocycles. The molecule has 0 aliphatic heterocycles. The molecule has 1 heterocycles. The Balaban J connectivity index is 2.28. The monoisotopic (exact) mass is 307 g/mol. The molecule has 21 heavy (non-hydrogen) atoms. The summed E-state index contributed by atoms with van der Waals surface area (Å²) in [6.45, 7) is 2.83. The third-order valence-electron chi connectivity index (χ3n) is 4.07. The fourth-order valence-electron chi connectivity index (χ4n) is 2.68. The largest absolute Gasteiger partial charge is 0.325 e. The van der Waals surface area contributed by atoms with Gasteiger partial charge in [0.15, 0.2) is 9.84 Å². The number of rotatable bonds is 5. The summed E-state index contributed by atoms with van der Waals surface area (Å²) >= 11 is 0. The average Bonchev–Trinajstić information content (AvgIpc) is 3.17. The van der Waals surface area contributed by atoms with Crippen LogP contribution in [0.25, 0.3) is 11.0 Å². The lowest BCUT2D eigenvalue weighted by molar-refractivity contribution is 0.552. The first-order valence-electron chi connectivity index (χ1n) is 7.36. The van der Waals surface area contributed by atoms with Crippen molar-refractivity contribution in [3.05, 3.63) is 24.0 Å². The Labute approximate surface area is 125 Å². The lowest BCUT2D eigenvalue weighted by Crippen LogP contribution is -2.17. The van der Waals surface area contributed by atoms with E-state index >= 15 is 0 Å². The molecule has 0 amide bonds. The van der Waals surface area contributed by atoms with Crippen LogP contribution in [0.5, 0.6) is 0 Å². The number of sulfone groups is 1. The molecule has 5 nitrogen and oxygen atoms in total. The molecular formula is C15H21N3O2S. The fourth-order valence-corrected chi connectivity index (χ4v) is 3.57. The second-order valence-corrected chi connectivity index (χ2v) is 7.92. The van der Waals surface area contributed by atoms with Crippen LogP contribution in [0.2, 0.25) is 0 Å². The summed E-state index contributed by atoms with van der Waals surface area (Å²) in [7, 11) is -3.29. The molecule has 1 aliphatic carbocycles. The summed E-state index contributed by atoms with van der Waals surface area (Å²) in [4.78, 5) is 4.96. The lowest BCUT2D eigenvalue weighted by atomic mass is 10.2. The summed E-state index contributed by atoms with van der Waals surface area (Å²) in [6, 6.07) is 5.10. The Kier molecular flexibility index (Phi) is 3.53. The molecule has 6 heteroatoms. The number of benzene rings is 1. The molecule has 114 valence electrons. The molecule has 1 fully saturated rings. The predicted octanol–water partition coefficient (Wildman–Crippen LogP) is 2.26. The number of hydrogen-bond donors (Lipinski definition) is 1. The first kappa shape index (κ1) is 14.5. The van der Waals surface area contributed by atoms with Crippen LogP contribution in [-0.2, 0) is 16.4 Å². The van der Waals surface area contributed by atoms with E-state index in [1.165, 1.54) is 19.1 Å². The number of nitrogens with two attached hydrogens (primary N) is 1. The molecule has 1 aromatic carbocycles. The Morgan fingerprint density at radius 3 is 2.71 bits per heavy atom. The van der Waals surface area contributed by atoms with Gasteiger partial charge in [0.2, 0.25) is 0 Å². The van der Waals surface area contributed by atoms with E-state index in [9.17, 15) is 8.42 Å². The molecule has 0 bridgehead atoms. The maximum Gasteiger partial charge on any atom is 0.177 e. The summed E-state index contributed by atoms with van der Waals surface area (Å²) in [5, 5.41) is 0. The van der Waals surface area contributed by atoms with Gasteiger partial charge in [-0.1, -0.05) is 13.0 Å². The molecule has 1 unspecified atom stereocenters. The van der Waals surface area contributed by atoms with Crippen LogP contribution < -0.4 is 5.73 Å². The van der Waals surface area contributed by atoms with E-state index in [1.54, 1.807) is 12.1 Å². The molecule has 0 saturated heterocycles. The summed E-state index contributed by atoms with van der Waals surface area (Å²) in [5.74, 6) is 1.42. The van der Waals surface area contributed by atoms with Crippen LogP contribution in [0.15, 0.2) is 23.1 Å². The van der Waals surface area contributed by atoms with Gasteiger partial charge in [0.05, 0.1) is 22.0 Å². The minimum atomic E-state index is -3.29. The minimum Gasteiger partial charge on any atom is -0.325 e. The second-order valence-electron chi connectivity index (χ2n) is 5.93. The van der Waals surface area contributed by atoms with Gasteiger partial charge in [-0.15, -0.1) is 0 Å². The fraction of sp³-hybridized carbons (Fsp3) is 0.533. The minimum absolute atomic E-state index is 0.163. The third-order valence-corrected chi connectivity index (χ3v) is 5.20. The number of fused-ring (bicyclic) bond motifs is 1. The third kappa shape index (κ3) is 2.70. The van der Waals surface area contributed by atoms with Gasteiger partial charge >= 0.3 is 0 Å². The van der Waals surface area contributed by atoms with Crippen LogP contribution in [0.4, 0.5) is 0 Å². The SMILES string of the molecule is CCC(N)c1nc2cccc(S(C)(=O)=O)c2n1CC1CC1. The van der Waals surface area contributed by atoms with Gasteiger partial charge < -0.3 is 10.3 Å². The molecule has 1 aliphatic rings. The van der Waals surface area contributed by atoms with Crippen molar-refractivity contribution in [1.29, 1.82) is 0 Å². The van der Waals surface area contributed by atoms with Crippen molar-refractivity contribution >= 4 is 20.9 Å². The first-order valence-corrected chi connectivity index (χ1v) is 9.25. The Morgan fingerprint density at radius 1 is 1.43 bits per heavy atom. The Morgan fingerprint density at radius 2 is 2.14 bits per heavy atom. The summed E-state index contributed by atoms with van der Waals surface area (Å²) < 4.78 is 26.2. The maximum atomic E-state index is 12.1. The van der Waals surface area contributed by atoms with Crippen LogP contribution in [0, 0.1) is 5.92 Å². The van der Waals surface area contributed by atoms with Gasteiger partial charge in [0.25, 0.3) is 0 Å². The number of para-hydroxylation sites is 1. The van der Waals surface area contributed by atoms with Gasteiger partial charge in [0, 0.05) is 12.8 Å².